The number of unbranched alkanes of at least 4 members (excludes halogenated alkanes) is 1. The van der Waals surface area contributed by atoms with E-state index >= 15 is 0 Å². The molecule has 16 heavy (non-hydrogen) atoms. The van der Waals surface area contributed by atoms with E-state index in [1.807, 2.05) is 30.3 Å². The van der Waals surface area contributed by atoms with Crippen molar-refractivity contribution in [2.24, 2.45) is 0 Å². The van der Waals surface area contributed by atoms with Gasteiger partial charge in [0.2, 0.25) is 0 Å². The van der Waals surface area contributed by atoms with Crippen molar-refractivity contribution < 1.29 is 14.6 Å². The van der Waals surface area contributed by atoms with E-state index in [9.17, 15) is 9.90 Å². The third kappa shape index (κ3) is 4.94. The molecular formula is C13H18O3. The molecule has 0 radical (unpaired) electrons. The van der Waals surface area contributed by atoms with Gasteiger partial charge in [0.25, 0.3) is 0 Å². The molecule has 0 fully saturated rings. The van der Waals surface area contributed by atoms with Crippen molar-refractivity contribution in [1.82, 2.24) is 0 Å². The van der Waals surface area contributed by atoms with E-state index in [4.69, 9.17) is 4.74 Å². The molecule has 0 aliphatic carbocycles. The fraction of sp³-hybridized carbons (Fsp3) is 0.462. The van der Waals surface area contributed by atoms with Crippen LogP contribution in [0.2, 0.25) is 0 Å². The Kier molecular flexibility index (Phi) is 5.57. The fourth-order valence-electron chi connectivity index (χ4n) is 1.50. The molecule has 1 rings (SSSR count). The number of carbonyl (C=O) groups is 1. The van der Waals surface area contributed by atoms with Crippen molar-refractivity contribution in [1.29, 1.82) is 0 Å². The number of aliphatic hydroxyl groups is 1. The minimum absolute atomic E-state index is 0.247. The first-order valence-electron chi connectivity index (χ1n) is 5.56. The first-order valence-corrected chi connectivity index (χ1v) is 5.56. The van der Waals surface area contributed by atoms with E-state index in [2.05, 4.69) is 0 Å². The summed E-state index contributed by atoms with van der Waals surface area (Å²) in [5.41, 5.74) is 0.940. The minimum Gasteiger partial charge on any atom is -0.466 e. The topological polar surface area (TPSA) is 46.5 Å². The first kappa shape index (κ1) is 12.7. The smallest absolute Gasteiger partial charge is 0.302 e. The Balaban J connectivity index is 2.16. The third-order valence-electron chi connectivity index (χ3n) is 2.36. The zero-order chi connectivity index (χ0) is 11.8. The molecule has 0 bridgehead atoms. The second-order valence-electron chi connectivity index (χ2n) is 3.76. The zero-order valence-corrected chi connectivity index (χ0v) is 9.56. The van der Waals surface area contributed by atoms with E-state index in [0.29, 0.717) is 13.0 Å². The highest BCUT2D eigenvalue weighted by atomic mass is 16.5. The summed E-state index contributed by atoms with van der Waals surface area (Å²) in [7, 11) is 0. The lowest BCUT2D eigenvalue weighted by Gasteiger charge is -2.10. The SMILES string of the molecule is CC(=O)OCCCC[C@H](O)c1ccccc1. The van der Waals surface area contributed by atoms with Gasteiger partial charge in [0, 0.05) is 6.92 Å². The Morgan fingerprint density at radius 2 is 2.00 bits per heavy atom. The van der Waals surface area contributed by atoms with Crippen molar-refractivity contribution >= 4 is 5.97 Å². The summed E-state index contributed by atoms with van der Waals surface area (Å²) in [5, 5.41) is 9.82. The van der Waals surface area contributed by atoms with Gasteiger partial charge < -0.3 is 9.84 Å². The monoisotopic (exact) mass is 222 g/mol. The molecule has 1 N–H and O–H groups in total. The first-order chi connectivity index (χ1) is 7.70. The largest absolute Gasteiger partial charge is 0.466 e. The molecule has 0 saturated carbocycles. The van der Waals surface area contributed by atoms with Crippen LogP contribution in [0, 0.1) is 0 Å². The molecule has 0 aromatic heterocycles. The quantitative estimate of drug-likeness (QED) is 0.594. The van der Waals surface area contributed by atoms with Gasteiger partial charge in [-0.3, -0.25) is 4.79 Å². The third-order valence-corrected chi connectivity index (χ3v) is 2.36. The van der Waals surface area contributed by atoms with E-state index in [-0.39, 0.29) is 5.97 Å². The lowest BCUT2D eigenvalue weighted by molar-refractivity contribution is -0.141. The van der Waals surface area contributed by atoms with Crippen LogP contribution in [0.5, 0.6) is 0 Å². The van der Waals surface area contributed by atoms with Crippen LogP contribution in [0.25, 0.3) is 0 Å². The molecule has 0 aliphatic rings. The molecule has 1 atom stereocenters. The van der Waals surface area contributed by atoms with Crippen LogP contribution >= 0.6 is 0 Å². The number of hydrogen-bond acceptors (Lipinski definition) is 3. The number of rotatable bonds is 6. The molecule has 3 heteroatoms. The van der Waals surface area contributed by atoms with Crippen LogP contribution in [0.4, 0.5) is 0 Å². The maximum absolute atomic E-state index is 10.5. The summed E-state index contributed by atoms with van der Waals surface area (Å²) in [4.78, 5) is 10.5. The Morgan fingerprint density at radius 3 is 2.62 bits per heavy atom. The number of esters is 1. The molecule has 0 saturated heterocycles. The Labute approximate surface area is 96.1 Å². The second kappa shape index (κ2) is 7.01. The Bertz CT molecular complexity index is 308. The lowest BCUT2D eigenvalue weighted by atomic mass is 10.0. The van der Waals surface area contributed by atoms with Crippen LogP contribution < -0.4 is 0 Å². The van der Waals surface area contributed by atoms with Crippen LogP contribution in [0.15, 0.2) is 30.3 Å². The lowest BCUT2D eigenvalue weighted by Crippen LogP contribution is -2.02. The summed E-state index contributed by atoms with van der Waals surface area (Å²) in [6.45, 7) is 1.84. The molecular weight excluding hydrogens is 204 g/mol. The van der Waals surface area contributed by atoms with Gasteiger partial charge >= 0.3 is 5.97 Å². The molecule has 0 heterocycles. The number of hydrogen-bond donors (Lipinski definition) is 1. The van der Waals surface area contributed by atoms with Crippen LogP contribution in [0.1, 0.15) is 37.9 Å². The zero-order valence-electron chi connectivity index (χ0n) is 9.56. The molecule has 3 nitrogen and oxygen atoms in total. The van der Waals surface area contributed by atoms with Gasteiger partial charge in [-0.15, -0.1) is 0 Å². The standard InChI is InChI=1S/C13H18O3/c1-11(14)16-10-6-5-9-13(15)12-7-3-2-4-8-12/h2-4,7-8,13,15H,5-6,9-10H2,1H3/t13-/m0/s1. The normalized spacial score (nSPS) is 12.1. The van der Waals surface area contributed by atoms with E-state index < -0.39 is 6.10 Å². The number of benzene rings is 1. The summed E-state index contributed by atoms with van der Waals surface area (Å²) in [6, 6.07) is 9.58. The molecule has 1 aromatic rings. The van der Waals surface area contributed by atoms with Crippen molar-refractivity contribution in [2.45, 2.75) is 32.3 Å². The molecule has 0 spiro atoms. The summed E-state index contributed by atoms with van der Waals surface area (Å²) >= 11 is 0. The minimum atomic E-state index is -0.418. The highest BCUT2D eigenvalue weighted by molar-refractivity contribution is 5.65. The number of carbonyl (C=O) groups excluding carboxylic acids is 1. The summed E-state index contributed by atoms with van der Waals surface area (Å²) in [6.07, 6.45) is 1.93. The highest BCUT2D eigenvalue weighted by Gasteiger charge is 2.05. The average Bonchev–Trinajstić information content (AvgIpc) is 2.29. The predicted octanol–water partition coefficient (Wildman–Crippen LogP) is 2.45. The number of ether oxygens (including phenoxy) is 1. The van der Waals surface area contributed by atoms with Gasteiger partial charge in [-0.25, -0.2) is 0 Å². The van der Waals surface area contributed by atoms with Crippen LogP contribution in [0.3, 0.4) is 0 Å². The fourth-order valence-corrected chi connectivity index (χ4v) is 1.50. The maximum Gasteiger partial charge on any atom is 0.302 e. The summed E-state index contributed by atoms with van der Waals surface area (Å²) < 4.78 is 4.81. The second-order valence-corrected chi connectivity index (χ2v) is 3.76. The van der Waals surface area contributed by atoms with Gasteiger partial charge in [0.15, 0.2) is 0 Å². The van der Waals surface area contributed by atoms with Gasteiger partial charge in [-0.1, -0.05) is 30.3 Å². The van der Waals surface area contributed by atoms with Gasteiger partial charge in [0.1, 0.15) is 0 Å². The Morgan fingerprint density at radius 1 is 1.31 bits per heavy atom. The van der Waals surface area contributed by atoms with E-state index in [1.54, 1.807) is 0 Å². The molecule has 0 unspecified atom stereocenters. The molecule has 88 valence electrons. The van der Waals surface area contributed by atoms with Gasteiger partial charge in [-0.2, -0.15) is 0 Å². The average molecular weight is 222 g/mol. The molecule has 0 aliphatic heterocycles. The Hall–Kier alpha value is -1.35. The van der Waals surface area contributed by atoms with Crippen molar-refractivity contribution in [2.75, 3.05) is 6.61 Å². The highest BCUT2D eigenvalue weighted by Crippen LogP contribution is 2.18. The maximum atomic E-state index is 10.5. The van der Waals surface area contributed by atoms with Gasteiger partial charge in [-0.05, 0) is 24.8 Å². The molecule has 1 aromatic carbocycles. The summed E-state index contributed by atoms with van der Waals surface area (Å²) in [5.74, 6) is -0.247. The van der Waals surface area contributed by atoms with Crippen molar-refractivity contribution in [3.63, 3.8) is 0 Å². The van der Waals surface area contributed by atoms with Gasteiger partial charge in [0.05, 0.1) is 12.7 Å². The van der Waals surface area contributed by atoms with E-state index in [1.165, 1.54) is 6.92 Å². The van der Waals surface area contributed by atoms with Crippen molar-refractivity contribution in [3.8, 4) is 0 Å². The number of aliphatic hydroxyl groups excluding tert-OH is 1. The van der Waals surface area contributed by atoms with Crippen molar-refractivity contribution in [3.05, 3.63) is 35.9 Å². The molecule has 0 amide bonds. The van der Waals surface area contributed by atoms with Crippen LogP contribution in [-0.2, 0) is 9.53 Å². The van der Waals surface area contributed by atoms with E-state index in [0.717, 1.165) is 18.4 Å². The van der Waals surface area contributed by atoms with Crippen LogP contribution in [-0.4, -0.2) is 17.7 Å². The predicted molar refractivity (Wildman–Crippen MR) is 61.9 cm³/mol.